The van der Waals surface area contributed by atoms with E-state index in [0.717, 1.165) is 23.2 Å². The summed E-state index contributed by atoms with van der Waals surface area (Å²) < 4.78 is 0. The first kappa shape index (κ1) is 13.7. The zero-order chi connectivity index (χ0) is 13.7. The number of rotatable bonds is 5. The highest BCUT2D eigenvalue weighted by Gasteiger charge is 2.23. The summed E-state index contributed by atoms with van der Waals surface area (Å²) in [7, 11) is 0. The Kier molecular flexibility index (Phi) is 4.66. The second-order valence-corrected chi connectivity index (χ2v) is 4.59. The molecule has 19 heavy (non-hydrogen) atoms. The summed E-state index contributed by atoms with van der Waals surface area (Å²) in [5, 5.41) is 10.6. The Bertz CT molecular complexity index is 513. The van der Waals surface area contributed by atoms with Gasteiger partial charge in [0.15, 0.2) is 0 Å². The van der Waals surface area contributed by atoms with Crippen LogP contribution in [0.5, 0.6) is 0 Å². The van der Waals surface area contributed by atoms with Crippen molar-refractivity contribution in [2.45, 2.75) is 25.4 Å². The molecule has 0 amide bonds. The lowest BCUT2D eigenvalue weighted by molar-refractivity contribution is 0.145. The van der Waals surface area contributed by atoms with Gasteiger partial charge in [0.1, 0.15) is 0 Å². The second kappa shape index (κ2) is 6.45. The summed E-state index contributed by atoms with van der Waals surface area (Å²) >= 11 is 0. The van der Waals surface area contributed by atoms with Crippen LogP contribution in [0.2, 0.25) is 0 Å². The van der Waals surface area contributed by atoms with E-state index < -0.39 is 6.10 Å². The largest absolute Gasteiger partial charge is 0.388 e. The Hall–Kier alpha value is -1.71. The molecule has 0 saturated carbocycles. The molecule has 0 fully saturated rings. The molecule has 0 aliphatic heterocycles. The highest BCUT2D eigenvalue weighted by molar-refractivity contribution is 5.31. The molecule has 1 aromatic heterocycles. The number of aromatic nitrogens is 1. The number of aryl methyl sites for hydroxylation is 1. The van der Waals surface area contributed by atoms with E-state index >= 15 is 0 Å². The van der Waals surface area contributed by atoms with E-state index in [2.05, 4.69) is 11.9 Å². The van der Waals surface area contributed by atoms with Crippen molar-refractivity contribution >= 4 is 0 Å². The minimum absolute atomic E-state index is 0.172. The fourth-order valence-corrected chi connectivity index (χ4v) is 2.37. The molecule has 2 unspecified atom stereocenters. The maximum atomic E-state index is 10.6. The lowest BCUT2D eigenvalue weighted by Crippen LogP contribution is -2.21. The lowest BCUT2D eigenvalue weighted by atomic mass is 9.89. The third kappa shape index (κ3) is 3.00. The molecule has 0 radical (unpaired) electrons. The normalized spacial score (nSPS) is 14.1. The molecule has 0 spiro atoms. The van der Waals surface area contributed by atoms with Crippen LogP contribution < -0.4 is 5.73 Å². The Morgan fingerprint density at radius 3 is 2.53 bits per heavy atom. The minimum Gasteiger partial charge on any atom is -0.388 e. The predicted octanol–water partition coefficient (Wildman–Crippen LogP) is 2.42. The van der Waals surface area contributed by atoms with Crippen molar-refractivity contribution in [3.63, 3.8) is 0 Å². The number of nitrogens with two attached hydrogens (primary N) is 1. The van der Waals surface area contributed by atoms with E-state index in [4.69, 9.17) is 5.73 Å². The number of hydrogen-bond donors (Lipinski definition) is 2. The smallest absolute Gasteiger partial charge is 0.0888 e. The van der Waals surface area contributed by atoms with E-state index in [1.807, 2.05) is 42.5 Å². The summed E-state index contributed by atoms with van der Waals surface area (Å²) in [6.07, 6.45) is 2.01. The first-order valence-electron chi connectivity index (χ1n) is 6.64. The predicted molar refractivity (Wildman–Crippen MR) is 76.8 cm³/mol. The Morgan fingerprint density at radius 2 is 1.89 bits per heavy atom. The van der Waals surface area contributed by atoms with Crippen LogP contribution in [-0.4, -0.2) is 16.6 Å². The highest BCUT2D eigenvalue weighted by atomic mass is 16.3. The molecular weight excluding hydrogens is 236 g/mol. The first-order chi connectivity index (χ1) is 9.27. The van der Waals surface area contributed by atoms with E-state index in [-0.39, 0.29) is 5.92 Å². The van der Waals surface area contributed by atoms with Crippen LogP contribution in [0, 0.1) is 0 Å². The molecule has 100 valence electrons. The third-order valence-corrected chi connectivity index (χ3v) is 3.46. The Balaban J connectivity index is 2.33. The van der Waals surface area contributed by atoms with Crippen molar-refractivity contribution in [2.24, 2.45) is 5.73 Å². The molecule has 1 aromatic carbocycles. The summed E-state index contributed by atoms with van der Waals surface area (Å²) in [4.78, 5) is 4.31. The van der Waals surface area contributed by atoms with Crippen molar-refractivity contribution in [3.8, 4) is 0 Å². The first-order valence-corrected chi connectivity index (χ1v) is 6.64. The Labute approximate surface area is 114 Å². The van der Waals surface area contributed by atoms with Crippen molar-refractivity contribution in [3.05, 3.63) is 65.5 Å². The number of benzene rings is 1. The molecule has 3 N–H and O–H groups in total. The number of pyridine rings is 1. The number of aliphatic hydroxyl groups excluding tert-OH is 1. The van der Waals surface area contributed by atoms with E-state index in [1.54, 1.807) is 6.20 Å². The topological polar surface area (TPSA) is 59.1 Å². The van der Waals surface area contributed by atoms with Crippen LogP contribution in [0.4, 0.5) is 0 Å². The van der Waals surface area contributed by atoms with Crippen LogP contribution in [0.25, 0.3) is 0 Å². The fourth-order valence-electron chi connectivity index (χ4n) is 2.37. The number of hydrogen-bond acceptors (Lipinski definition) is 3. The third-order valence-electron chi connectivity index (χ3n) is 3.46. The highest BCUT2D eigenvalue weighted by Crippen LogP contribution is 2.31. The van der Waals surface area contributed by atoms with Gasteiger partial charge in [0.05, 0.1) is 6.10 Å². The van der Waals surface area contributed by atoms with E-state index in [1.165, 1.54) is 0 Å². The maximum Gasteiger partial charge on any atom is 0.0888 e. The quantitative estimate of drug-likeness (QED) is 0.863. The van der Waals surface area contributed by atoms with Gasteiger partial charge in [0, 0.05) is 24.4 Å². The molecule has 0 aliphatic carbocycles. The van der Waals surface area contributed by atoms with Gasteiger partial charge in [-0.1, -0.05) is 37.3 Å². The summed E-state index contributed by atoms with van der Waals surface area (Å²) in [5.41, 5.74) is 8.78. The van der Waals surface area contributed by atoms with Crippen molar-refractivity contribution < 1.29 is 5.11 Å². The fraction of sp³-hybridized carbons (Fsp3) is 0.312. The van der Waals surface area contributed by atoms with Gasteiger partial charge in [0.2, 0.25) is 0 Å². The molecule has 2 aromatic rings. The standard InChI is InChI=1S/C16H20N2O/c1-2-12-7-3-4-8-13(12)16(19)14(11-17)15-9-5-6-10-18-15/h3-10,14,16,19H,2,11,17H2,1H3. The van der Waals surface area contributed by atoms with Crippen molar-refractivity contribution in [1.29, 1.82) is 0 Å². The zero-order valence-corrected chi connectivity index (χ0v) is 11.2. The van der Waals surface area contributed by atoms with E-state index in [9.17, 15) is 5.11 Å². The molecule has 0 bridgehead atoms. The number of nitrogens with zero attached hydrogens (tertiary/aromatic N) is 1. The molecular formula is C16H20N2O. The molecule has 0 saturated heterocycles. The van der Waals surface area contributed by atoms with Crippen LogP contribution >= 0.6 is 0 Å². The van der Waals surface area contributed by atoms with Gasteiger partial charge in [-0.15, -0.1) is 0 Å². The van der Waals surface area contributed by atoms with Gasteiger partial charge in [-0.25, -0.2) is 0 Å². The average Bonchev–Trinajstić information content (AvgIpc) is 2.49. The molecule has 2 rings (SSSR count). The van der Waals surface area contributed by atoms with Crippen LogP contribution in [-0.2, 0) is 6.42 Å². The number of aliphatic hydroxyl groups is 1. The molecule has 2 atom stereocenters. The summed E-state index contributed by atoms with van der Waals surface area (Å²) in [6, 6.07) is 13.7. The van der Waals surface area contributed by atoms with E-state index in [0.29, 0.717) is 6.54 Å². The second-order valence-electron chi connectivity index (χ2n) is 4.59. The van der Waals surface area contributed by atoms with Gasteiger partial charge in [-0.3, -0.25) is 4.98 Å². The minimum atomic E-state index is -0.615. The summed E-state index contributed by atoms with van der Waals surface area (Å²) in [5.74, 6) is -0.172. The SMILES string of the molecule is CCc1ccccc1C(O)C(CN)c1ccccn1. The van der Waals surface area contributed by atoms with Crippen LogP contribution in [0.15, 0.2) is 48.7 Å². The Morgan fingerprint density at radius 1 is 1.16 bits per heavy atom. The van der Waals surface area contributed by atoms with Gasteiger partial charge in [0.25, 0.3) is 0 Å². The molecule has 3 nitrogen and oxygen atoms in total. The van der Waals surface area contributed by atoms with Crippen molar-refractivity contribution in [1.82, 2.24) is 4.98 Å². The average molecular weight is 256 g/mol. The van der Waals surface area contributed by atoms with Gasteiger partial charge >= 0.3 is 0 Å². The molecule has 1 heterocycles. The lowest BCUT2D eigenvalue weighted by Gasteiger charge is -2.23. The van der Waals surface area contributed by atoms with Crippen LogP contribution in [0.1, 0.15) is 35.8 Å². The summed E-state index contributed by atoms with van der Waals surface area (Å²) in [6.45, 7) is 2.46. The van der Waals surface area contributed by atoms with Gasteiger partial charge < -0.3 is 10.8 Å². The van der Waals surface area contributed by atoms with Gasteiger partial charge in [-0.2, -0.15) is 0 Å². The van der Waals surface area contributed by atoms with Gasteiger partial charge in [-0.05, 0) is 29.7 Å². The maximum absolute atomic E-state index is 10.6. The zero-order valence-electron chi connectivity index (χ0n) is 11.2. The monoisotopic (exact) mass is 256 g/mol. The van der Waals surface area contributed by atoms with Crippen LogP contribution in [0.3, 0.4) is 0 Å². The molecule has 3 heteroatoms. The van der Waals surface area contributed by atoms with Crippen molar-refractivity contribution in [2.75, 3.05) is 6.54 Å². The molecule has 0 aliphatic rings.